The molecule has 1 fully saturated rings. The van der Waals surface area contributed by atoms with E-state index in [1.54, 1.807) is 7.11 Å². The smallest absolute Gasteiger partial charge is 0.303 e. The van der Waals surface area contributed by atoms with Crippen molar-refractivity contribution in [1.82, 2.24) is 10.3 Å². The molecule has 2 N–H and O–H groups in total. The summed E-state index contributed by atoms with van der Waals surface area (Å²) in [7, 11) is 1.65. The third-order valence-electron chi connectivity index (χ3n) is 4.68. The van der Waals surface area contributed by atoms with Gasteiger partial charge in [-0.2, -0.15) is 0 Å². The molecule has 2 atom stereocenters. The van der Waals surface area contributed by atoms with Crippen molar-refractivity contribution in [1.29, 1.82) is 0 Å². The summed E-state index contributed by atoms with van der Waals surface area (Å²) in [6.45, 7) is 1.69. The molecule has 0 spiro atoms. The molecule has 1 aliphatic heterocycles. The SMILES string of the molecule is COc1ccc2nc(C#CC[C@@H]3CCNC[C@@H]3CC(=O)O)ccc2c1. The highest BCUT2D eigenvalue weighted by molar-refractivity contribution is 5.80. The van der Waals surface area contributed by atoms with Crippen LogP contribution in [0, 0.1) is 23.7 Å². The number of piperidine rings is 1. The highest BCUT2D eigenvalue weighted by atomic mass is 16.5. The van der Waals surface area contributed by atoms with Gasteiger partial charge < -0.3 is 15.2 Å². The van der Waals surface area contributed by atoms with E-state index >= 15 is 0 Å². The summed E-state index contributed by atoms with van der Waals surface area (Å²) in [6.07, 6.45) is 1.88. The Balaban J connectivity index is 1.70. The molecule has 0 aliphatic carbocycles. The van der Waals surface area contributed by atoms with Crippen molar-refractivity contribution < 1.29 is 14.6 Å². The molecule has 1 aromatic carbocycles. The van der Waals surface area contributed by atoms with Crippen LogP contribution in [0.4, 0.5) is 0 Å². The average molecular weight is 338 g/mol. The second-order valence-electron chi connectivity index (χ2n) is 6.37. The fraction of sp³-hybridized carbons (Fsp3) is 0.400. The van der Waals surface area contributed by atoms with E-state index in [2.05, 4.69) is 22.1 Å². The molecule has 1 saturated heterocycles. The number of carboxylic acids is 1. The van der Waals surface area contributed by atoms with Crippen LogP contribution < -0.4 is 10.1 Å². The maximum Gasteiger partial charge on any atom is 0.303 e. The number of carbonyl (C=O) groups is 1. The van der Waals surface area contributed by atoms with E-state index in [0.717, 1.165) is 41.9 Å². The lowest BCUT2D eigenvalue weighted by molar-refractivity contribution is -0.138. The van der Waals surface area contributed by atoms with Crippen LogP contribution in [0.1, 0.15) is 25.0 Å². The van der Waals surface area contributed by atoms with Gasteiger partial charge in [-0.25, -0.2) is 4.98 Å². The Labute approximate surface area is 147 Å². The second kappa shape index (κ2) is 8.00. The minimum absolute atomic E-state index is 0.151. The maximum atomic E-state index is 11.0. The van der Waals surface area contributed by atoms with Gasteiger partial charge in [-0.3, -0.25) is 4.79 Å². The number of pyridine rings is 1. The van der Waals surface area contributed by atoms with Crippen LogP contribution in [-0.2, 0) is 4.79 Å². The molecule has 0 amide bonds. The molecule has 2 aromatic rings. The normalized spacial score (nSPS) is 19.9. The molecule has 0 bridgehead atoms. The number of methoxy groups -OCH3 is 1. The lowest BCUT2D eigenvalue weighted by Crippen LogP contribution is -2.37. The Hall–Kier alpha value is -2.58. The zero-order valence-corrected chi connectivity index (χ0v) is 14.3. The molecule has 2 heterocycles. The number of fused-ring (bicyclic) bond motifs is 1. The van der Waals surface area contributed by atoms with Gasteiger partial charge >= 0.3 is 5.97 Å². The third-order valence-corrected chi connectivity index (χ3v) is 4.68. The Morgan fingerprint density at radius 2 is 2.24 bits per heavy atom. The monoisotopic (exact) mass is 338 g/mol. The molecule has 0 radical (unpaired) electrons. The van der Waals surface area contributed by atoms with Crippen molar-refractivity contribution in [2.75, 3.05) is 20.2 Å². The zero-order valence-electron chi connectivity index (χ0n) is 14.3. The molecule has 130 valence electrons. The largest absolute Gasteiger partial charge is 0.497 e. The first-order chi connectivity index (χ1) is 12.2. The number of nitrogens with one attached hydrogen (secondary N) is 1. The Bertz CT molecular complexity index is 823. The summed E-state index contributed by atoms with van der Waals surface area (Å²) in [5, 5.41) is 13.3. The average Bonchev–Trinajstić information content (AvgIpc) is 2.62. The Morgan fingerprint density at radius 1 is 1.36 bits per heavy atom. The summed E-state index contributed by atoms with van der Waals surface area (Å²) in [6, 6.07) is 9.66. The van der Waals surface area contributed by atoms with Crippen molar-refractivity contribution in [3.63, 3.8) is 0 Å². The maximum absolute atomic E-state index is 11.0. The van der Waals surface area contributed by atoms with Gasteiger partial charge in [0, 0.05) is 18.2 Å². The van der Waals surface area contributed by atoms with E-state index < -0.39 is 5.97 Å². The summed E-state index contributed by atoms with van der Waals surface area (Å²) >= 11 is 0. The summed E-state index contributed by atoms with van der Waals surface area (Å²) < 4.78 is 5.22. The first kappa shape index (κ1) is 17.2. The van der Waals surface area contributed by atoms with Crippen molar-refractivity contribution in [3.05, 3.63) is 36.0 Å². The van der Waals surface area contributed by atoms with Gasteiger partial charge in [0.1, 0.15) is 11.4 Å². The van der Waals surface area contributed by atoms with Crippen molar-refractivity contribution in [2.45, 2.75) is 19.3 Å². The van der Waals surface area contributed by atoms with Crippen molar-refractivity contribution in [3.8, 4) is 17.6 Å². The molecule has 1 aromatic heterocycles. The number of hydrogen-bond donors (Lipinski definition) is 2. The molecular formula is C20H22N2O3. The molecule has 3 rings (SSSR count). The van der Waals surface area contributed by atoms with E-state index in [9.17, 15) is 4.79 Å². The van der Waals surface area contributed by atoms with Gasteiger partial charge in [0.25, 0.3) is 0 Å². The minimum Gasteiger partial charge on any atom is -0.497 e. The van der Waals surface area contributed by atoms with Crippen LogP contribution in [0.3, 0.4) is 0 Å². The number of hydrogen-bond acceptors (Lipinski definition) is 4. The molecule has 0 saturated carbocycles. The summed E-state index contributed by atoms with van der Waals surface area (Å²) in [4.78, 5) is 15.6. The number of benzene rings is 1. The first-order valence-electron chi connectivity index (χ1n) is 8.52. The molecule has 5 heteroatoms. The van der Waals surface area contributed by atoms with E-state index in [0.29, 0.717) is 12.3 Å². The predicted octanol–water partition coefficient (Wildman–Crippen LogP) is 2.69. The number of aliphatic carboxylic acids is 1. The lowest BCUT2D eigenvalue weighted by atomic mass is 9.82. The highest BCUT2D eigenvalue weighted by Gasteiger charge is 2.26. The summed E-state index contributed by atoms with van der Waals surface area (Å²) in [5.41, 5.74) is 1.62. The number of ether oxygens (including phenoxy) is 1. The van der Waals surface area contributed by atoms with Gasteiger partial charge in [-0.15, -0.1) is 0 Å². The number of carboxylic acid groups (broad SMARTS) is 1. The van der Waals surface area contributed by atoms with Crippen molar-refractivity contribution in [2.24, 2.45) is 11.8 Å². The minimum atomic E-state index is -0.738. The van der Waals surface area contributed by atoms with Crippen LogP contribution in [0.15, 0.2) is 30.3 Å². The van der Waals surface area contributed by atoms with E-state index in [-0.39, 0.29) is 12.3 Å². The second-order valence-corrected chi connectivity index (χ2v) is 6.37. The van der Waals surface area contributed by atoms with Crippen LogP contribution in [-0.4, -0.2) is 36.3 Å². The van der Waals surface area contributed by atoms with Crippen molar-refractivity contribution >= 4 is 16.9 Å². The number of rotatable bonds is 4. The number of aromatic nitrogens is 1. The Morgan fingerprint density at radius 3 is 3.04 bits per heavy atom. The highest BCUT2D eigenvalue weighted by Crippen LogP contribution is 2.25. The fourth-order valence-corrected chi connectivity index (χ4v) is 3.28. The van der Waals surface area contributed by atoms with E-state index in [1.807, 2.05) is 30.3 Å². The first-order valence-corrected chi connectivity index (χ1v) is 8.52. The third kappa shape index (κ3) is 4.49. The van der Waals surface area contributed by atoms with Crippen LogP contribution >= 0.6 is 0 Å². The molecule has 5 nitrogen and oxygen atoms in total. The molecule has 0 unspecified atom stereocenters. The van der Waals surface area contributed by atoms with Gasteiger partial charge in [0.05, 0.1) is 12.6 Å². The fourth-order valence-electron chi connectivity index (χ4n) is 3.28. The molecule has 1 aliphatic rings. The topological polar surface area (TPSA) is 71.5 Å². The lowest BCUT2D eigenvalue weighted by Gasteiger charge is -2.29. The Kier molecular flexibility index (Phi) is 5.52. The standard InChI is InChI=1S/C20H22N2O3/c1-25-18-7-8-19-15(11-18)5-6-17(22-19)4-2-3-14-9-10-21-13-16(14)12-20(23)24/h5-8,11,14,16,21H,3,9-10,12-13H2,1H3,(H,23,24)/t14-,16+/m1/s1. The van der Waals surface area contributed by atoms with Gasteiger partial charge in [0.2, 0.25) is 0 Å². The van der Waals surface area contributed by atoms with Gasteiger partial charge in [-0.1, -0.05) is 5.92 Å². The van der Waals surface area contributed by atoms with E-state index in [1.165, 1.54) is 0 Å². The van der Waals surface area contributed by atoms with Crippen LogP contribution in [0.5, 0.6) is 5.75 Å². The van der Waals surface area contributed by atoms with Crippen LogP contribution in [0.2, 0.25) is 0 Å². The van der Waals surface area contributed by atoms with E-state index in [4.69, 9.17) is 9.84 Å². The molecular weight excluding hydrogens is 316 g/mol. The van der Waals surface area contributed by atoms with Crippen LogP contribution in [0.25, 0.3) is 10.9 Å². The number of nitrogens with zero attached hydrogens (tertiary/aromatic N) is 1. The zero-order chi connectivity index (χ0) is 17.6. The predicted molar refractivity (Wildman–Crippen MR) is 96.5 cm³/mol. The quantitative estimate of drug-likeness (QED) is 0.839. The molecule has 25 heavy (non-hydrogen) atoms. The summed E-state index contributed by atoms with van der Waals surface area (Å²) in [5.74, 6) is 6.88. The van der Waals surface area contributed by atoms with Gasteiger partial charge in [-0.05, 0) is 67.6 Å². The van der Waals surface area contributed by atoms with Gasteiger partial charge in [0.15, 0.2) is 0 Å².